The minimum absolute atomic E-state index is 0.0198. The molecule has 0 fully saturated rings. The van der Waals surface area contributed by atoms with Crippen molar-refractivity contribution >= 4 is 27.5 Å². The molecule has 1 aromatic heterocycles. The summed E-state index contributed by atoms with van der Waals surface area (Å²) in [4.78, 5) is 11.3. The van der Waals surface area contributed by atoms with Gasteiger partial charge in [-0.25, -0.2) is 4.79 Å². The Morgan fingerprint density at radius 3 is 2.20 bits per heavy atom. The van der Waals surface area contributed by atoms with E-state index in [0.717, 1.165) is 21.7 Å². The van der Waals surface area contributed by atoms with Crippen molar-refractivity contribution in [3.63, 3.8) is 0 Å². The van der Waals surface area contributed by atoms with Crippen LogP contribution in [0.15, 0.2) is 48.7 Å². The lowest BCUT2D eigenvalue weighted by molar-refractivity contribution is 0.0697. The number of fused-ring (bicyclic) bond motifs is 2. The second-order valence-electron chi connectivity index (χ2n) is 6.99. The average molecular weight is 405 g/mol. The van der Waals surface area contributed by atoms with Gasteiger partial charge in [0.1, 0.15) is 11.5 Å². The summed E-state index contributed by atoms with van der Waals surface area (Å²) in [6.45, 7) is 6.56. The summed E-state index contributed by atoms with van der Waals surface area (Å²) in [5.41, 5.74) is 1.61. The van der Waals surface area contributed by atoms with E-state index in [2.05, 4.69) is 0 Å². The largest absolute Gasteiger partial charge is 0.494 e. The number of hydrogen-bond donors (Lipinski definition) is 2. The molecule has 0 bridgehead atoms. The molecular formula is C24H23NO5. The van der Waals surface area contributed by atoms with E-state index >= 15 is 0 Å². The second-order valence-corrected chi connectivity index (χ2v) is 6.99. The Kier molecular flexibility index (Phi) is 4.99. The molecule has 1 heterocycles. The number of aryl methyl sites for hydroxylation is 1. The molecule has 4 rings (SSSR count). The van der Waals surface area contributed by atoms with Gasteiger partial charge in [-0.2, -0.15) is 0 Å². The van der Waals surface area contributed by atoms with Gasteiger partial charge in [-0.3, -0.25) is 4.57 Å². The first-order chi connectivity index (χ1) is 14.5. The maximum atomic E-state index is 11.3. The van der Waals surface area contributed by atoms with Gasteiger partial charge in [0.15, 0.2) is 0 Å². The van der Waals surface area contributed by atoms with Gasteiger partial charge in [0.2, 0.25) is 5.88 Å². The molecule has 0 saturated heterocycles. The monoisotopic (exact) mass is 405 g/mol. The fourth-order valence-corrected chi connectivity index (χ4v) is 3.89. The van der Waals surface area contributed by atoms with Crippen molar-refractivity contribution < 1.29 is 24.5 Å². The SMILES string of the molecule is CCOc1c2ccccc2c(OCC)c2c(O)n(-c3ccc(C(=O)O)cc3C)cc12. The van der Waals surface area contributed by atoms with E-state index in [-0.39, 0.29) is 11.4 Å². The summed E-state index contributed by atoms with van der Waals surface area (Å²) >= 11 is 0. The number of ether oxygens (including phenoxy) is 2. The minimum Gasteiger partial charge on any atom is -0.494 e. The third kappa shape index (κ3) is 3.01. The van der Waals surface area contributed by atoms with Gasteiger partial charge in [-0.1, -0.05) is 24.3 Å². The quantitative estimate of drug-likeness (QED) is 0.455. The summed E-state index contributed by atoms with van der Waals surface area (Å²) in [5, 5.41) is 23.5. The normalized spacial score (nSPS) is 11.2. The van der Waals surface area contributed by atoms with Crippen LogP contribution in [0.3, 0.4) is 0 Å². The number of carboxylic acids is 1. The summed E-state index contributed by atoms with van der Waals surface area (Å²) < 4.78 is 13.6. The average Bonchev–Trinajstić information content (AvgIpc) is 3.07. The summed E-state index contributed by atoms with van der Waals surface area (Å²) in [7, 11) is 0. The number of nitrogens with zero attached hydrogens (tertiary/aromatic N) is 1. The molecule has 0 spiro atoms. The molecule has 6 heteroatoms. The summed E-state index contributed by atoms with van der Waals surface area (Å²) in [6.07, 6.45) is 1.81. The Hall–Kier alpha value is -3.67. The number of aromatic carboxylic acids is 1. The van der Waals surface area contributed by atoms with Gasteiger partial charge in [-0.05, 0) is 44.5 Å². The van der Waals surface area contributed by atoms with E-state index in [1.54, 1.807) is 16.7 Å². The van der Waals surface area contributed by atoms with Crippen LogP contribution in [0.5, 0.6) is 17.4 Å². The highest BCUT2D eigenvalue weighted by Gasteiger charge is 2.23. The Morgan fingerprint density at radius 2 is 1.60 bits per heavy atom. The maximum absolute atomic E-state index is 11.3. The molecule has 0 aliphatic carbocycles. The van der Waals surface area contributed by atoms with Crippen LogP contribution in [0.25, 0.3) is 27.2 Å². The molecule has 0 unspecified atom stereocenters. The predicted octanol–water partition coefficient (Wildman–Crippen LogP) is 5.29. The number of carboxylic acid groups (broad SMARTS) is 1. The van der Waals surface area contributed by atoms with Gasteiger partial charge in [0, 0.05) is 17.0 Å². The van der Waals surface area contributed by atoms with Crippen LogP contribution >= 0.6 is 0 Å². The zero-order chi connectivity index (χ0) is 21.4. The molecule has 154 valence electrons. The molecule has 4 aromatic rings. The molecule has 0 saturated carbocycles. The van der Waals surface area contributed by atoms with E-state index < -0.39 is 5.97 Å². The van der Waals surface area contributed by atoms with Crippen LogP contribution < -0.4 is 9.47 Å². The van der Waals surface area contributed by atoms with Gasteiger partial charge < -0.3 is 19.7 Å². The van der Waals surface area contributed by atoms with Crippen molar-refractivity contribution in [2.24, 2.45) is 0 Å². The van der Waals surface area contributed by atoms with Crippen LogP contribution in [0.2, 0.25) is 0 Å². The standard InChI is InChI=1S/C24H23NO5/c1-4-29-21-16-8-6-7-9-17(16)22(30-5-2)20-18(21)13-25(23(20)26)19-11-10-15(24(27)28)12-14(19)3/h6-13,26H,4-5H2,1-3H3,(H,27,28). The predicted molar refractivity (Wildman–Crippen MR) is 116 cm³/mol. The fourth-order valence-electron chi connectivity index (χ4n) is 3.89. The van der Waals surface area contributed by atoms with Crippen LogP contribution in [0.1, 0.15) is 29.8 Å². The van der Waals surface area contributed by atoms with Gasteiger partial charge in [-0.15, -0.1) is 0 Å². The number of carbonyl (C=O) groups is 1. The maximum Gasteiger partial charge on any atom is 0.335 e. The highest BCUT2D eigenvalue weighted by molar-refractivity contribution is 6.13. The van der Waals surface area contributed by atoms with Crippen molar-refractivity contribution in [1.82, 2.24) is 4.57 Å². The molecule has 0 radical (unpaired) electrons. The van der Waals surface area contributed by atoms with Crippen molar-refractivity contribution in [3.8, 4) is 23.1 Å². The van der Waals surface area contributed by atoms with Crippen LogP contribution in [-0.4, -0.2) is 34.0 Å². The van der Waals surface area contributed by atoms with E-state index in [1.165, 1.54) is 6.07 Å². The molecule has 30 heavy (non-hydrogen) atoms. The molecular weight excluding hydrogens is 382 g/mol. The highest BCUT2D eigenvalue weighted by Crippen LogP contribution is 2.48. The molecule has 3 aromatic carbocycles. The van der Waals surface area contributed by atoms with E-state index in [9.17, 15) is 15.0 Å². The lowest BCUT2D eigenvalue weighted by Crippen LogP contribution is -2.00. The molecule has 2 N–H and O–H groups in total. The first-order valence-corrected chi connectivity index (χ1v) is 9.86. The number of aromatic hydroxyl groups is 1. The number of rotatable bonds is 6. The van der Waals surface area contributed by atoms with Gasteiger partial charge in [0.25, 0.3) is 0 Å². The van der Waals surface area contributed by atoms with Crippen molar-refractivity contribution in [2.75, 3.05) is 13.2 Å². The summed E-state index contributed by atoms with van der Waals surface area (Å²) in [5.74, 6) is 0.310. The molecule has 6 nitrogen and oxygen atoms in total. The highest BCUT2D eigenvalue weighted by atomic mass is 16.5. The minimum atomic E-state index is -0.991. The Labute approximate surface area is 173 Å². The van der Waals surface area contributed by atoms with Gasteiger partial charge in [0.05, 0.1) is 35.2 Å². The first kappa shape index (κ1) is 19.6. The number of benzene rings is 3. The van der Waals surface area contributed by atoms with Crippen LogP contribution in [0, 0.1) is 6.92 Å². The van der Waals surface area contributed by atoms with Crippen molar-refractivity contribution in [3.05, 3.63) is 59.8 Å². The van der Waals surface area contributed by atoms with E-state index in [4.69, 9.17) is 9.47 Å². The Bertz CT molecular complexity index is 1270. The lowest BCUT2D eigenvalue weighted by atomic mass is 10.0. The van der Waals surface area contributed by atoms with Crippen LogP contribution in [-0.2, 0) is 0 Å². The van der Waals surface area contributed by atoms with E-state index in [1.807, 2.05) is 51.2 Å². The van der Waals surface area contributed by atoms with Crippen molar-refractivity contribution in [2.45, 2.75) is 20.8 Å². The lowest BCUT2D eigenvalue weighted by Gasteiger charge is -2.14. The molecule has 0 amide bonds. The van der Waals surface area contributed by atoms with Crippen molar-refractivity contribution in [1.29, 1.82) is 0 Å². The topological polar surface area (TPSA) is 80.9 Å². The van der Waals surface area contributed by atoms with Crippen LogP contribution in [0.4, 0.5) is 0 Å². The Balaban J connectivity index is 2.09. The smallest absolute Gasteiger partial charge is 0.335 e. The third-order valence-corrected chi connectivity index (χ3v) is 5.15. The zero-order valence-corrected chi connectivity index (χ0v) is 17.1. The second kappa shape index (κ2) is 7.63. The number of aromatic nitrogens is 1. The molecule has 0 atom stereocenters. The first-order valence-electron chi connectivity index (χ1n) is 9.86. The molecule has 0 aliphatic heterocycles. The van der Waals surface area contributed by atoms with E-state index in [0.29, 0.717) is 35.8 Å². The van der Waals surface area contributed by atoms with Gasteiger partial charge >= 0.3 is 5.97 Å². The summed E-state index contributed by atoms with van der Waals surface area (Å²) in [6, 6.07) is 12.6. The third-order valence-electron chi connectivity index (χ3n) is 5.15. The zero-order valence-electron chi connectivity index (χ0n) is 17.1. The fraction of sp³-hybridized carbons (Fsp3) is 0.208. The molecule has 0 aliphatic rings. The number of hydrogen-bond acceptors (Lipinski definition) is 4. The Morgan fingerprint density at radius 1 is 0.967 bits per heavy atom.